The van der Waals surface area contributed by atoms with Gasteiger partial charge in [0.15, 0.2) is 5.58 Å². The van der Waals surface area contributed by atoms with Crippen molar-refractivity contribution >= 4 is 16.8 Å². The second-order valence-electron chi connectivity index (χ2n) is 6.53. The smallest absolute Gasteiger partial charge is 0.209 e. The third-order valence-corrected chi connectivity index (χ3v) is 5.19. The first-order valence-electron chi connectivity index (χ1n) is 8.19. The van der Waals surface area contributed by atoms with Crippen molar-refractivity contribution in [3.8, 4) is 0 Å². The van der Waals surface area contributed by atoms with Crippen molar-refractivity contribution in [2.45, 2.75) is 51.1 Å². The summed E-state index contributed by atoms with van der Waals surface area (Å²) < 4.78 is 5.90. The van der Waals surface area contributed by atoms with E-state index in [1.807, 2.05) is 18.2 Å². The molecule has 4 heteroatoms. The van der Waals surface area contributed by atoms with Crippen molar-refractivity contribution in [1.82, 2.24) is 9.88 Å². The van der Waals surface area contributed by atoms with E-state index in [0.717, 1.165) is 35.5 Å². The minimum Gasteiger partial charge on any atom is -0.439 e. The number of anilines is 1. The number of hydrogen-bond acceptors (Lipinski definition) is 4. The van der Waals surface area contributed by atoms with Crippen LogP contribution in [0.4, 0.5) is 5.69 Å². The zero-order chi connectivity index (χ0) is 14.2. The van der Waals surface area contributed by atoms with E-state index in [1.54, 1.807) is 0 Å². The van der Waals surface area contributed by atoms with E-state index in [2.05, 4.69) is 9.88 Å². The molecule has 0 bridgehead atoms. The Bertz CT molecular complexity index is 634. The SMILES string of the molecule is Nc1cccc2oc(CN3CCC[C@H]4CCCC[C@H]43)nc12. The molecule has 2 aromatic rings. The molecule has 1 saturated heterocycles. The fourth-order valence-corrected chi connectivity index (χ4v) is 4.18. The molecule has 1 saturated carbocycles. The van der Waals surface area contributed by atoms with Gasteiger partial charge < -0.3 is 10.2 Å². The van der Waals surface area contributed by atoms with Crippen LogP contribution in [-0.2, 0) is 6.54 Å². The molecule has 1 aromatic heterocycles. The molecule has 2 fully saturated rings. The molecule has 2 heterocycles. The number of nitrogens with two attached hydrogens (primary N) is 1. The Kier molecular flexibility index (Phi) is 3.34. The topological polar surface area (TPSA) is 55.3 Å². The standard InChI is InChI=1S/C17H23N3O/c18-13-7-3-9-15-17(13)19-16(21-15)11-20-10-4-6-12-5-1-2-8-14(12)20/h3,7,9,12,14H,1-2,4-6,8,10-11,18H2/t12-,14-/m1/s1. The number of likely N-dealkylation sites (tertiary alicyclic amines) is 1. The lowest BCUT2D eigenvalue weighted by atomic mass is 9.78. The van der Waals surface area contributed by atoms with Crippen LogP contribution in [0.15, 0.2) is 22.6 Å². The largest absolute Gasteiger partial charge is 0.439 e. The lowest BCUT2D eigenvalue weighted by Crippen LogP contribution is -2.46. The van der Waals surface area contributed by atoms with Gasteiger partial charge >= 0.3 is 0 Å². The minimum absolute atomic E-state index is 0.705. The number of piperidine rings is 1. The van der Waals surface area contributed by atoms with Crippen molar-refractivity contribution in [1.29, 1.82) is 0 Å². The summed E-state index contributed by atoms with van der Waals surface area (Å²) in [5.74, 6) is 1.70. The van der Waals surface area contributed by atoms with Gasteiger partial charge in [-0.2, -0.15) is 0 Å². The first-order valence-corrected chi connectivity index (χ1v) is 8.19. The number of hydrogen-bond donors (Lipinski definition) is 1. The first-order chi connectivity index (χ1) is 10.3. The molecule has 112 valence electrons. The molecule has 0 unspecified atom stereocenters. The summed E-state index contributed by atoms with van der Waals surface area (Å²) >= 11 is 0. The fourth-order valence-electron chi connectivity index (χ4n) is 4.18. The molecular weight excluding hydrogens is 262 g/mol. The van der Waals surface area contributed by atoms with E-state index < -0.39 is 0 Å². The zero-order valence-corrected chi connectivity index (χ0v) is 12.4. The molecule has 4 rings (SSSR count). The molecule has 1 aromatic carbocycles. The summed E-state index contributed by atoms with van der Waals surface area (Å²) in [6, 6.07) is 6.49. The van der Waals surface area contributed by atoms with Crippen LogP contribution in [-0.4, -0.2) is 22.5 Å². The summed E-state index contributed by atoms with van der Waals surface area (Å²) in [6.45, 7) is 2.00. The summed E-state index contributed by atoms with van der Waals surface area (Å²) in [6.07, 6.45) is 8.24. The molecule has 2 N–H and O–H groups in total. The molecule has 1 aliphatic carbocycles. The van der Waals surface area contributed by atoms with Crippen LogP contribution in [0.2, 0.25) is 0 Å². The maximum atomic E-state index is 5.97. The van der Waals surface area contributed by atoms with Crippen LogP contribution < -0.4 is 5.73 Å². The Balaban J connectivity index is 1.57. The Labute approximate surface area is 125 Å². The third kappa shape index (κ3) is 2.42. The van der Waals surface area contributed by atoms with Gasteiger partial charge in [-0.05, 0) is 50.3 Å². The first kappa shape index (κ1) is 13.1. The Morgan fingerprint density at radius 3 is 2.95 bits per heavy atom. The molecule has 1 aliphatic heterocycles. The van der Waals surface area contributed by atoms with E-state index in [9.17, 15) is 0 Å². The molecule has 0 spiro atoms. The van der Waals surface area contributed by atoms with Gasteiger partial charge in [-0.15, -0.1) is 0 Å². The lowest BCUT2D eigenvalue weighted by Gasteiger charge is -2.43. The van der Waals surface area contributed by atoms with Crippen LogP contribution in [0.25, 0.3) is 11.1 Å². The van der Waals surface area contributed by atoms with Gasteiger partial charge in [0.05, 0.1) is 12.2 Å². The number of oxazole rings is 1. The van der Waals surface area contributed by atoms with Gasteiger partial charge in [0.2, 0.25) is 5.89 Å². The highest BCUT2D eigenvalue weighted by Crippen LogP contribution is 2.36. The maximum absolute atomic E-state index is 5.97. The van der Waals surface area contributed by atoms with Gasteiger partial charge in [-0.25, -0.2) is 4.98 Å². The quantitative estimate of drug-likeness (QED) is 0.857. The normalized spacial score (nSPS) is 26.9. The molecule has 2 aliphatic rings. The van der Waals surface area contributed by atoms with E-state index in [0.29, 0.717) is 5.69 Å². The van der Waals surface area contributed by atoms with Crippen molar-refractivity contribution in [2.75, 3.05) is 12.3 Å². The highest BCUT2D eigenvalue weighted by atomic mass is 16.3. The molecule has 21 heavy (non-hydrogen) atoms. The number of benzene rings is 1. The zero-order valence-electron chi connectivity index (χ0n) is 12.4. The van der Waals surface area contributed by atoms with Gasteiger partial charge in [-0.3, -0.25) is 4.90 Å². The number of aromatic nitrogens is 1. The van der Waals surface area contributed by atoms with Gasteiger partial charge in [-0.1, -0.05) is 18.9 Å². The van der Waals surface area contributed by atoms with E-state index in [1.165, 1.54) is 45.1 Å². The van der Waals surface area contributed by atoms with Crippen LogP contribution in [0.5, 0.6) is 0 Å². The molecular formula is C17H23N3O. The highest BCUT2D eigenvalue weighted by molar-refractivity contribution is 5.85. The molecule has 0 radical (unpaired) electrons. The number of para-hydroxylation sites is 1. The number of fused-ring (bicyclic) bond motifs is 2. The van der Waals surface area contributed by atoms with E-state index in [-0.39, 0.29) is 0 Å². The minimum atomic E-state index is 0.705. The van der Waals surface area contributed by atoms with Gasteiger partial charge in [0, 0.05) is 6.04 Å². The van der Waals surface area contributed by atoms with Crippen molar-refractivity contribution < 1.29 is 4.42 Å². The monoisotopic (exact) mass is 285 g/mol. The van der Waals surface area contributed by atoms with Gasteiger partial charge in [0.25, 0.3) is 0 Å². The summed E-state index contributed by atoms with van der Waals surface area (Å²) in [7, 11) is 0. The Morgan fingerprint density at radius 2 is 2.05 bits per heavy atom. The number of nitrogens with zero attached hydrogens (tertiary/aromatic N) is 2. The maximum Gasteiger partial charge on any atom is 0.209 e. The number of nitrogen functional groups attached to an aromatic ring is 1. The van der Waals surface area contributed by atoms with Crippen LogP contribution >= 0.6 is 0 Å². The van der Waals surface area contributed by atoms with E-state index >= 15 is 0 Å². The lowest BCUT2D eigenvalue weighted by molar-refractivity contribution is 0.0486. The van der Waals surface area contributed by atoms with Crippen molar-refractivity contribution in [3.05, 3.63) is 24.1 Å². The van der Waals surface area contributed by atoms with Crippen LogP contribution in [0.3, 0.4) is 0 Å². The molecule has 2 atom stereocenters. The van der Waals surface area contributed by atoms with Crippen molar-refractivity contribution in [2.24, 2.45) is 5.92 Å². The highest BCUT2D eigenvalue weighted by Gasteiger charge is 2.33. The number of rotatable bonds is 2. The van der Waals surface area contributed by atoms with Gasteiger partial charge in [0.1, 0.15) is 5.52 Å². The second-order valence-corrected chi connectivity index (χ2v) is 6.53. The van der Waals surface area contributed by atoms with Crippen LogP contribution in [0.1, 0.15) is 44.4 Å². The third-order valence-electron chi connectivity index (χ3n) is 5.19. The second kappa shape index (κ2) is 5.34. The molecule has 0 amide bonds. The predicted octanol–water partition coefficient (Wildman–Crippen LogP) is 3.56. The molecule has 4 nitrogen and oxygen atoms in total. The fraction of sp³-hybridized carbons (Fsp3) is 0.588. The average Bonchev–Trinajstić information content (AvgIpc) is 2.92. The van der Waals surface area contributed by atoms with E-state index in [4.69, 9.17) is 10.2 Å². The Morgan fingerprint density at radius 1 is 1.19 bits per heavy atom. The summed E-state index contributed by atoms with van der Waals surface area (Å²) in [4.78, 5) is 7.20. The summed E-state index contributed by atoms with van der Waals surface area (Å²) in [5.41, 5.74) is 8.30. The van der Waals surface area contributed by atoms with Crippen LogP contribution in [0, 0.1) is 5.92 Å². The predicted molar refractivity (Wildman–Crippen MR) is 83.8 cm³/mol. The Hall–Kier alpha value is -1.55. The van der Waals surface area contributed by atoms with Crippen molar-refractivity contribution in [3.63, 3.8) is 0 Å². The summed E-state index contributed by atoms with van der Waals surface area (Å²) in [5, 5.41) is 0. The average molecular weight is 285 g/mol.